The van der Waals surface area contributed by atoms with E-state index < -0.39 is 0 Å². The van der Waals surface area contributed by atoms with Crippen molar-refractivity contribution in [2.45, 2.75) is 64.8 Å². The van der Waals surface area contributed by atoms with Crippen LogP contribution in [0.25, 0.3) is 0 Å². The summed E-state index contributed by atoms with van der Waals surface area (Å²) in [7, 11) is 0. The Balaban J connectivity index is 1.88. The van der Waals surface area contributed by atoms with Crippen molar-refractivity contribution < 1.29 is 0 Å². The molecule has 0 amide bonds. The van der Waals surface area contributed by atoms with E-state index >= 15 is 0 Å². The minimum Gasteiger partial charge on any atom is -0.310 e. The Labute approximate surface area is 122 Å². The maximum atomic E-state index is 3.76. The second kappa shape index (κ2) is 6.81. The second-order valence-corrected chi connectivity index (χ2v) is 7.41. The molecule has 19 heavy (non-hydrogen) atoms. The molecule has 1 aromatic carbocycles. The zero-order valence-electron chi connectivity index (χ0n) is 12.8. The summed E-state index contributed by atoms with van der Waals surface area (Å²) in [6, 6.07) is 5.40. The van der Waals surface area contributed by atoms with E-state index in [4.69, 9.17) is 0 Å². The normalized spacial score (nSPS) is 22.9. The van der Waals surface area contributed by atoms with Crippen LogP contribution in [0.15, 0.2) is 12.1 Å². The van der Waals surface area contributed by atoms with Crippen LogP contribution in [0.2, 0.25) is 0 Å². The lowest BCUT2D eigenvalue weighted by Gasteiger charge is -2.15. The molecule has 0 aliphatic heterocycles. The molecule has 0 radical (unpaired) electrons. The van der Waals surface area contributed by atoms with Gasteiger partial charge in [-0.05, 0) is 68.0 Å². The summed E-state index contributed by atoms with van der Waals surface area (Å²) in [5.74, 6) is 1.26. The number of hydrogen-bond acceptors (Lipinski definition) is 2. The van der Waals surface area contributed by atoms with Gasteiger partial charge in [0, 0.05) is 17.8 Å². The number of hydrogen-bond donors (Lipinski definition) is 1. The SMILES string of the molecule is CCSC1CCC(NCc2cc(C)c(C)cc2C)C1. The summed E-state index contributed by atoms with van der Waals surface area (Å²) < 4.78 is 0. The molecule has 0 saturated heterocycles. The topological polar surface area (TPSA) is 12.0 Å². The Kier molecular flexibility index (Phi) is 5.35. The second-order valence-electron chi connectivity index (χ2n) is 5.83. The molecule has 1 aliphatic carbocycles. The number of nitrogens with one attached hydrogen (secondary N) is 1. The van der Waals surface area contributed by atoms with Crippen molar-refractivity contribution in [2.24, 2.45) is 0 Å². The minimum absolute atomic E-state index is 0.727. The maximum Gasteiger partial charge on any atom is 0.0210 e. The molecule has 2 atom stereocenters. The van der Waals surface area contributed by atoms with E-state index in [0.29, 0.717) is 0 Å². The molecule has 1 fully saturated rings. The van der Waals surface area contributed by atoms with Crippen molar-refractivity contribution in [3.8, 4) is 0 Å². The van der Waals surface area contributed by atoms with Crippen LogP contribution in [0.5, 0.6) is 0 Å². The van der Waals surface area contributed by atoms with Gasteiger partial charge in [-0.1, -0.05) is 19.1 Å². The van der Waals surface area contributed by atoms with Gasteiger partial charge in [0.15, 0.2) is 0 Å². The molecule has 0 aromatic heterocycles. The van der Waals surface area contributed by atoms with Gasteiger partial charge in [0.2, 0.25) is 0 Å². The van der Waals surface area contributed by atoms with Gasteiger partial charge in [0.05, 0.1) is 0 Å². The van der Waals surface area contributed by atoms with Crippen molar-refractivity contribution in [1.29, 1.82) is 0 Å². The van der Waals surface area contributed by atoms with Gasteiger partial charge in [-0.2, -0.15) is 11.8 Å². The number of aryl methyl sites for hydroxylation is 3. The summed E-state index contributed by atoms with van der Waals surface area (Å²) in [4.78, 5) is 0. The molecular weight excluding hydrogens is 250 g/mol. The fourth-order valence-corrected chi connectivity index (χ4v) is 4.12. The number of rotatable bonds is 5. The zero-order valence-corrected chi connectivity index (χ0v) is 13.6. The van der Waals surface area contributed by atoms with Gasteiger partial charge in [0.1, 0.15) is 0 Å². The van der Waals surface area contributed by atoms with E-state index in [2.05, 4.69) is 56.9 Å². The van der Waals surface area contributed by atoms with Crippen molar-refractivity contribution in [3.05, 3.63) is 34.4 Å². The molecule has 1 aliphatic rings. The van der Waals surface area contributed by atoms with Gasteiger partial charge in [-0.25, -0.2) is 0 Å². The van der Waals surface area contributed by atoms with E-state index in [-0.39, 0.29) is 0 Å². The van der Waals surface area contributed by atoms with Crippen molar-refractivity contribution in [1.82, 2.24) is 5.32 Å². The first-order valence-corrected chi connectivity index (χ1v) is 8.56. The third-order valence-electron chi connectivity index (χ3n) is 4.32. The number of benzene rings is 1. The van der Waals surface area contributed by atoms with Crippen molar-refractivity contribution in [2.75, 3.05) is 5.75 Å². The van der Waals surface area contributed by atoms with Crippen LogP contribution in [0.4, 0.5) is 0 Å². The Morgan fingerprint density at radius 1 is 1.11 bits per heavy atom. The third-order valence-corrected chi connectivity index (χ3v) is 5.55. The summed E-state index contributed by atoms with van der Waals surface area (Å²) in [6.45, 7) is 9.93. The standard InChI is InChI=1S/C17H27NS/c1-5-19-17-7-6-16(10-17)18-11-15-9-13(3)12(2)8-14(15)4/h8-9,16-18H,5-7,10-11H2,1-4H3. The van der Waals surface area contributed by atoms with Gasteiger partial charge in [-0.3, -0.25) is 0 Å². The summed E-state index contributed by atoms with van der Waals surface area (Å²) >= 11 is 2.13. The largest absolute Gasteiger partial charge is 0.310 e. The number of thioether (sulfide) groups is 1. The predicted octanol–water partition coefficient (Wildman–Crippen LogP) is 4.38. The molecule has 0 heterocycles. The Bertz CT molecular complexity index is 428. The first-order chi connectivity index (χ1) is 9.10. The van der Waals surface area contributed by atoms with Crippen LogP contribution in [0.1, 0.15) is 48.4 Å². The highest BCUT2D eigenvalue weighted by Gasteiger charge is 2.23. The van der Waals surface area contributed by atoms with E-state index in [1.807, 2.05) is 0 Å². The Morgan fingerprint density at radius 3 is 2.58 bits per heavy atom. The lowest BCUT2D eigenvalue weighted by atomic mass is 10.0. The molecule has 1 saturated carbocycles. The van der Waals surface area contributed by atoms with Gasteiger partial charge in [-0.15, -0.1) is 0 Å². The smallest absolute Gasteiger partial charge is 0.0210 e. The first kappa shape index (κ1) is 14.9. The van der Waals surface area contributed by atoms with Crippen LogP contribution >= 0.6 is 11.8 Å². The lowest BCUT2D eigenvalue weighted by molar-refractivity contribution is 0.524. The molecule has 0 spiro atoms. The summed E-state index contributed by atoms with van der Waals surface area (Å²) in [5.41, 5.74) is 5.71. The summed E-state index contributed by atoms with van der Waals surface area (Å²) in [6.07, 6.45) is 4.09. The quantitative estimate of drug-likeness (QED) is 0.857. The van der Waals surface area contributed by atoms with Crippen molar-refractivity contribution in [3.63, 3.8) is 0 Å². The predicted molar refractivity (Wildman–Crippen MR) is 87.1 cm³/mol. The molecule has 2 rings (SSSR count). The summed E-state index contributed by atoms with van der Waals surface area (Å²) in [5, 5.41) is 4.65. The fraction of sp³-hybridized carbons (Fsp3) is 0.647. The third kappa shape index (κ3) is 4.00. The minimum atomic E-state index is 0.727. The zero-order chi connectivity index (χ0) is 13.8. The van der Waals surface area contributed by atoms with E-state index in [1.54, 1.807) is 0 Å². The lowest BCUT2D eigenvalue weighted by Crippen LogP contribution is -2.26. The van der Waals surface area contributed by atoms with Crippen LogP contribution < -0.4 is 5.32 Å². The monoisotopic (exact) mass is 277 g/mol. The van der Waals surface area contributed by atoms with Gasteiger partial charge in [0.25, 0.3) is 0 Å². The van der Waals surface area contributed by atoms with Crippen LogP contribution in [0.3, 0.4) is 0 Å². The molecule has 106 valence electrons. The fourth-order valence-electron chi connectivity index (χ4n) is 2.98. The average Bonchev–Trinajstić information content (AvgIpc) is 2.80. The highest BCUT2D eigenvalue weighted by atomic mass is 32.2. The highest BCUT2D eigenvalue weighted by Crippen LogP contribution is 2.30. The molecule has 1 nitrogen and oxygen atoms in total. The maximum absolute atomic E-state index is 3.76. The molecule has 2 unspecified atom stereocenters. The average molecular weight is 277 g/mol. The van der Waals surface area contributed by atoms with Crippen LogP contribution in [-0.4, -0.2) is 17.0 Å². The van der Waals surface area contributed by atoms with Gasteiger partial charge < -0.3 is 5.32 Å². The molecule has 1 aromatic rings. The van der Waals surface area contributed by atoms with E-state index in [1.165, 1.54) is 47.3 Å². The van der Waals surface area contributed by atoms with Crippen LogP contribution in [0, 0.1) is 20.8 Å². The van der Waals surface area contributed by atoms with E-state index in [0.717, 1.165) is 17.8 Å². The molecular formula is C17H27NS. The molecule has 2 heteroatoms. The highest BCUT2D eigenvalue weighted by molar-refractivity contribution is 7.99. The van der Waals surface area contributed by atoms with E-state index in [9.17, 15) is 0 Å². The Morgan fingerprint density at radius 2 is 1.84 bits per heavy atom. The van der Waals surface area contributed by atoms with Gasteiger partial charge >= 0.3 is 0 Å². The first-order valence-electron chi connectivity index (χ1n) is 7.51. The molecule has 1 N–H and O–H groups in total. The Hall–Kier alpha value is -0.470. The van der Waals surface area contributed by atoms with Crippen LogP contribution in [-0.2, 0) is 6.54 Å². The van der Waals surface area contributed by atoms with Crippen molar-refractivity contribution >= 4 is 11.8 Å². The molecule has 0 bridgehead atoms.